The molecule has 4 heterocycles. The average Bonchev–Trinajstić information content (AvgIpc) is 3.60. The Hall–Kier alpha value is -3.46. The fourth-order valence-corrected chi connectivity index (χ4v) is 4.87. The smallest absolute Gasteiger partial charge is 0.296 e. The van der Waals surface area contributed by atoms with Gasteiger partial charge in [0.15, 0.2) is 11.8 Å². The van der Waals surface area contributed by atoms with E-state index in [1.54, 1.807) is 7.05 Å². The summed E-state index contributed by atoms with van der Waals surface area (Å²) in [6.07, 6.45) is 0.732. The molecular weight excluding hydrogens is 468 g/mol. The van der Waals surface area contributed by atoms with Crippen LogP contribution in [-0.2, 0) is 9.47 Å². The van der Waals surface area contributed by atoms with Gasteiger partial charge in [0, 0.05) is 24.8 Å². The normalized spacial score (nSPS) is 21.3. The molecule has 2 aromatic carbocycles. The molecule has 2 saturated heterocycles. The number of hydrogen-bond acceptors (Lipinski definition) is 6. The molecule has 6 rings (SSSR count). The Bertz CT molecular complexity index is 1390. The standard InChI is InChI=1S/C26H23ClN4O4/c1-28-25(32)17-8-4-15(5-9-17)14-2-6-16(7-3-14)22-18(27)12-19-24(30-22)31-26(29-19)35-21-13-34-20-10-11-33-23(20)21/h2-9,12,20-21,23H,10-11,13H2,1H3,(H,28,32)(H,29,30,31)/t20-,21?,23+/m1/s1. The zero-order chi connectivity index (χ0) is 23.9. The number of nitrogens with one attached hydrogen (secondary N) is 2. The molecule has 0 saturated carbocycles. The van der Waals surface area contributed by atoms with E-state index in [0.29, 0.717) is 46.7 Å². The molecule has 2 aliphatic heterocycles. The van der Waals surface area contributed by atoms with E-state index in [9.17, 15) is 4.79 Å². The number of carbonyl (C=O) groups excluding carboxylic acids is 1. The Morgan fingerprint density at radius 1 is 1.06 bits per heavy atom. The van der Waals surface area contributed by atoms with Crippen molar-refractivity contribution in [2.75, 3.05) is 20.3 Å². The van der Waals surface area contributed by atoms with Crippen molar-refractivity contribution in [2.24, 2.45) is 0 Å². The van der Waals surface area contributed by atoms with Crippen molar-refractivity contribution in [3.05, 3.63) is 65.2 Å². The summed E-state index contributed by atoms with van der Waals surface area (Å²) in [6, 6.07) is 17.6. The summed E-state index contributed by atoms with van der Waals surface area (Å²) in [6.45, 7) is 1.17. The number of nitrogens with zero attached hydrogens (tertiary/aromatic N) is 2. The fourth-order valence-electron chi connectivity index (χ4n) is 4.61. The monoisotopic (exact) mass is 490 g/mol. The van der Waals surface area contributed by atoms with E-state index < -0.39 is 0 Å². The quantitative estimate of drug-likeness (QED) is 0.434. The van der Waals surface area contributed by atoms with E-state index in [4.69, 9.17) is 25.8 Å². The number of aromatic amines is 1. The molecule has 0 bridgehead atoms. The van der Waals surface area contributed by atoms with Gasteiger partial charge in [0.1, 0.15) is 6.10 Å². The third-order valence-corrected chi connectivity index (χ3v) is 6.74. The van der Waals surface area contributed by atoms with Crippen LogP contribution < -0.4 is 10.1 Å². The van der Waals surface area contributed by atoms with E-state index in [1.807, 2.05) is 54.6 Å². The van der Waals surface area contributed by atoms with Crippen LogP contribution in [0.15, 0.2) is 54.6 Å². The summed E-state index contributed by atoms with van der Waals surface area (Å²) in [5, 5.41) is 3.14. The van der Waals surface area contributed by atoms with Gasteiger partial charge in [-0.1, -0.05) is 48.0 Å². The largest absolute Gasteiger partial charge is 0.456 e. The predicted octanol–water partition coefficient (Wildman–Crippen LogP) is 4.24. The van der Waals surface area contributed by atoms with Crippen LogP contribution in [0.3, 0.4) is 0 Å². The molecule has 178 valence electrons. The summed E-state index contributed by atoms with van der Waals surface area (Å²) in [4.78, 5) is 24.1. The number of ether oxygens (including phenoxy) is 3. The van der Waals surface area contributed by atoms with E-state index in [1.165, 1.54) is 0 Å². The van der Waals surface area contributed by atoms with E-state index in [2.05, 4.69) is 20.3 Å². The summed E-state index contributed by atoms with van der Waals surface area (Å²) < 4.78 is 17.5. The lowest BCUT2D eigenvalue weighted by atomic mass is 10.0. The molecule has 3 atom stereocenters. The topological polar surface area (TPSA) is 98.4 Å². The number of benzene rings is 2. The number of aromatic nitrogens is 3. The second kappa shape index (κ2) is 8.96. The number of amides is 1. The Morgan fingerprint density at radius 3 is 2.51 bits per heavy atom. The third-order valence-electron chi connectivity index (χ3n) is 6.45. The summed E-state index contributed by atoms with van der Waals surface area (Å²) in [7, 11) is 1.62. The lowest BCUT2D eigenvalue weighted by Crippen LogP contribution is -2.32. The van der Waals surface area contributed by atoms with Crippen LogP contribution in [0.5, 0.6) is 6.01 Å². The highest BCUT2D eigenvalue weighted by molar-refractivity contribution is 6.33. The van der Waals surface area contributed by atoms with E-state index >= 15 is 0 Å². The Balaban J connectivity index is 1.23. The first kappa shape index (κ1) is 22.0. The van der Waals surface area contributed by atoms with Crippen molar-refractivity contribution in [3.8, 4) is 28.4 Å². The lowest BCUT2D eigenvalue weighted by Gasteiger charge is -2.15. The Kier molecular flexibility index (Phi) is 5.64. The van der Waals surface area contributed by atoms with E-state index in [0.717, 1.165) is 23.1 Å². The Morgan fingerprint density at radius 2 is 1.77 bits per heavy atom. The maximum absolute atomic E-state index is 11.8. The van der Waals surface area contributed by atoms with Gasteiger partial charge >= 0.3 is 0 Å². The summed E-state index contributed by atoms with van der Waals surface area (Å²) in [5.41, 5.74) is 5.39. The maximum Gasteiger partial charge on any atom is 0.296 e. The molecule has 2 N–H and O–H groups in total. The number of carbonyl (C=O) groups is 1. The molecule has 0 aliphatic carbocycles. The molecule has 1 unspecified atom stereocenters. The SMILES string of the molecule is CNC(=O)c1ccc(-c2ccc(-c3nc4nc(OC5CO[C@@H]6CCO[C@H]56)[nH]c4cc3Cl)cc2)cc1. The van der Waals surface area contributed by atoms with Crippen LogP contribution in [0, 0.1) is 0 Å². The molecular formula is C26H23ClN4O4. The van der Waals surface area contributed by atoms with Crippen LogP contribution in [-0.4, -0.2) is 59.4 Å². The van der Waals surface area contributed by atoms with Crippen LogP contribution >= 0.6 is 11.6 Å². The molecule has 9 heteroatoms. The van der Waals surface area contributed by atoms with Gasteiger partial charge in [-0.25, -0.2) is 4.98 Å². The van der Waals surface area contributed by atoms with Gasteiger partial charge < -0.3 is 24.5 Å². The molecule has 1 amide bonds. The second-order valence-electron chi connectivity index (χ2n) is 8.62. The van der Waals surface area contributed by atoms with Gasteiger partial charge in [0.2, 0.25) is 0 Å². The number of pyridine rings is 1. The number of halogens is 1. The van der Waals surface area contributed by atoms with Gasteiger partial charge in [-0.05, 0) is 35.7 Å². The fraction of sp³-hybridized carbons (Fsp3) is 0.269. The minimum Gasteiger partial charge on any atom is -0.456 e. The van der Waals surface area contributed by atoms with Crippen LogP contribution in [0.2, 0.25) is 5.02 Å². The number of rotatable bonds is 5. The third kappa shape index (κ3) is 4.14. The average molecular weight is 491 g/mol. The molecule has 0 radical (unpaired) electrons. The molecule has 35 heavy (non-hydrogen) atoms. The van der Waals surface area contributed by atoms with Gasteiger partial charge in [-0.2, -0.15) is 4.98 Å². The van der Waals surface area contributed by atoms with Crippen LogP contribution in [0.1, 0.15) is 16.8 Å². The summed E-state index contributed by atoms with van der Waals surface area (Å²) >= 11 is 6.58. The van der Waals surface area contributed by atoms with Crippen molar-refractivity contribution in [3.63, 3.8) is 0 Å². The second-order valence-corrected chi connectivity index (χ2v) is 9.03. The van der Waals surface area contributed by atoms with Gasteiger partial charge in [0.05, 0.1) is 28.9 Å². The first-order valence-corrected chi connectivity index (χ1v) is 11.9. The molecule has 4 aromatic rings. The first-order valence-electron chi connectivity index (χ1n) is 11.5. The number of hydrogen-bond donors (Lipinski definition) is 2. The van der Waals surface area contributed by atoms with Gasteiger partial charge in [0.25, 0.3) is 11.9 Å². The zero-order valence-electron chi connectivity index (χ0n) is 19.0. The first-order chi connectivity index (χ1) is 17.1. The number of imidazole rings is 1. The van der Waals surface area contributed by atoms with Crippen molar-refractivity contribution in [2.45, 2.75) is 24.7 Å². The van der Waals surface area contributed by atoms with Gasteiger partial charge in [-0.3, -0.25) is 4.79 Å². The lowest BCUT2D eigenvalue weighted by molar-refractivity contribution is 0.0273. The number of H-pyrrole nitrogens is 1. The van der Waals surface area contributed by atoms with Gasteiger partial charge in [-0.15, -0.1) is 0 Å². The van der Waals surface area contributed by atoms with Crippen LogP contribution in [0.4, 0.5) is 0 Å². The minimum atomic E-state index is -0.198. The van der Waals surface area contributed by atoms with Crippen molar-refractivity contribution >= 4 is 28.7 Å². The minimum absolute atomic E-state index is 0.0613. The zero-order valence-corrected chi connectivity index (χ0v) is 19.7. The van der Waals surface area contributed by atoms with Crippen LogP contribution in [0.25, 0.3) is 33.5 Å². The van der Waals surface area contributed by atoms with Crippen molar-refractivity contribution in [1.29, 1.82) is 0 Å². The Labute approximate surface area is 206 Å². The highest BCUT2D eigenvalue weighted by Crippen LogP contribution is 2.33. The molecule has 2 fully saturated rings. The number of fused-ring (bicyclic) bond motifs is 2. The predicted molar refractivity (Wildman–Crippen MR) is 132 cm³/mol. The maximum atomic E-state index is 11.8. The molecule has 8 nitrogen and oxygen atoms in total. The molecule has 2 aromatic heterocycles. The van der Waals surface area contributed by atoms with E-state index in [-0.39, 0.29) is 24.2 Å². The summed E-state index contributed by atoms with van der Waals surface area (Å²) in [5.74, 6) is -0.109. The van der Waals surface area contributed by atoms with Crippen molar-refractivity contribution in [1.82, 2.24) is 20.3 Å². The van der Waals surface area contributed by atoms with Crippen molar-refractivity contribution < 1.29 is 19.0 Å². The molecule has 0 spiro atoms. The highest BCUT2D eigenvalue weighted by Gasteiger charge is 2.43. The molecule has 2 aliphatic rings. The highest BCUT2D eigenvalue weighted by atomic mass is 35.5.